The first-order valence-electron chi connectivity index (χ1n) is 2.02. The molecular weight excluding hydrogens is 225 g/mol. The molecule has 0 atom stereocenters. The fourth-order valence-corrected chi connectivity index (χ4v) is 0.894. The minimum absolute atomic E-state index is 0.719. The van der Waals surface area contributed by atoms with E-state index >= 15 is 0 Å². The Bertz CT molecular complexity index is 34.1. The monoisotopic (exact) mass is 233 g/mol. The van der Waals surface area contributed by atoms with Gasteiger partial charge >= 0.3 is 0 Å². The van der Waals surface area contributed by atoms with Gasteiger partial charge in [-0.25, -0.2) is 0 Å². The molecule has 0 aromatic carbocycles. The molecule has 0 radical (unpaired) electrons. The van der Waals surface area contributed by atoms with Crippen LogP contribution in [0.2, 0.25) is 0 Å². The minimum Gasteiger partial charge on any atom is -0.330 e. The molecule has 0 aromatic rings. The van der Waals surface area contributed by atoms with Crippen LogP contribution >= 0.6 is 30.4 Å². The van der Waals surface area contributed by atoms with E-state index in [4.69, 9.17) is 9.92 Å². The largest absolute Gasteiger partial charge is 0.330 e. The van der Waals surface area contributed by atoms with Gasteiger partial charge in [0.25, 0.3) is 0 Å². The van der Waals surface area contributed by atoms with Gasteiger partial charge in [-0.1, -0.05) is 0 Å². The molecule has 0 unspecified atom stereocenters. The molecule has 0 rings (SSSR count). The molecule has 7 heavy (non-hydrogen) atoms. The molecule has 0 saturated heterocycles. The second-order valence-corrected chi connectivity index (χ2v) is 2.47. The summed E-state index contributed by atoms with van der Waals surface area (Å²) in [6.45, 7) is 1.49. The van der Waals surface area contributed by atoms with Crippen molar-refractivity contribution in [2.24, 2.45) is 5.73 Å². The van der Waals surface area contributed by atoms with Crippen molar-refractivity contribution in [2.75, 3.05) is 13.2 Å². The molecule has 0 amide bonds. The quantitative estimate of drug-likeness (QED) is 0.452. The smallest absolute Gasteiger partial charge is 0.0650 e. The van der Waals surface area contributed by atoms with Crippen molar-refractivity contribution in [3.63, 3.8) is 0 Å². The molecule has 0 spiro atoms. The van der Waals surface area contributed by atoms with Crippen LogP contribution in [0.25, 0.3) is 0 Å². The molecular formula is C3H8INOS. The third-order valence-corrected chi connectivity index (χ3v) is 1.49. The van der Waals surface area contributed by atoms with Gasteiger partial charge in [0.1, 0.15) is 0 Å². The van der Waals surface area contributed by atoms with Gasteiger partial charge in [0.15, 0.2) is 0 Å². The first-order valence-corrected chi connectivity index (χ1v) is 5.30. The fourth-order valence-electron chi connectivity index (χ4n) is 0.174. The van der Waals surface area contributed by atoms with E-state index in [9.17, 15) is 0 Å². The highest BCUT2D eigenvalue weighted by atomic mass is 127. The average Bonchev–Trinajstić information content (AvgIpc) is 1.69. The third kappa shape index (κ3) is 7.00. The normalized spacial score (nSPS) is 9.43. The Morgan fingerprint density at radius 3 is 2.86 bits per heavy atom. The van der Waals surface area contributed by atoms with Crippen LogP contribution in [0.15, 0.2) is 0 Å². The zero-order valence-electron chi connectivity index (χ0n) is 3.89. The summed E-state index contributed by atoms with van der Waals surface area (Å²) in [4.78, 5) is 0. The number of rotatable bonds is 4. The van der Waals surface area contributed by atoms with Gasteiger partial charge in [-0.2, -0.15) is 0 Å². The van der Waals surface area contributed by atoms with Gasteiger partial charge in [0.05, 0.1) is 15.8 Å². The Labute approximate surface area is 60.0 Å². The third-order valence-electron chi connectivity index (χ3n) is 0.476. The van der Waals surface area contributed by atoms with Crippen LogP contribution < -0.4 is 5.73 Å². The maximum atomic E-state index is 5.18. The lowest BCUT2D eigenvalue weighted by atomic mass is 10.5. The molecule has 0 aromatic heterocycles. The number of hydrogen-bond donors (Lipinski definition) is 1. The van der Waals surface area contributed by atoms with E-state index < -0.39 is 0 Å². The van der Waals surface area contributed by atoms with Crippen molar-refractivity contribution in [1.82, 2.24) is 0 Å². The summed E-state index contributed by atoms with van der Waals surface area (Å²) in [6, 6.07) is 0. The molecule has 0 saturated carbocycles. The second kappa shape index (κ2) is 7.00. The molecule has 0 heterocycles. The summed E-state index contributed by atoms with van der Waals surface area (Å²) in [7, 11) is 1.36. The van der Waals surface area contributed by atoms with Crippen LogP contribution in [0.3, 0.4) is 0 Å². The van der Waals surface area contributed by atoms with Crippen LogP contribution in [0.4, 0.5) is 0 Å². The van der Waals surface area contributed by atoms with Crippen LogP contribution in [0.5, 0.6) is 0 Å². The summed E-state index contributed by atoms with van der Waals surface area (Å²) >= 11 is 2.08. The predicted octanol–water partition coefficient (Wildman–Crippen LogP) is 1.35. The molecule has 0 aliphatic heterocycles. The highest BCUT2D eigenvalue weighted by Gasteiger charge is 1.80. The number of nitrogens with two attached hydrogens (primary N) is 1. The number of halogens is 1. The van der Waals surface area contributed by atoms with E-state index in [2.05, 4.69) is 21.2 Å². The first kappa shape index (κ1) is 8.00. The predicted molar refractivity (Wildman–Crippen MR) is 41.2 cm³/mol. The van der Waals surface area contributed by atoms with E-state index in [1.165, 1.54) is 9.21 Å². The maximum Gasteiger partial charge on any atom is 0.0650 e. The Morgan fingerprint density at radius 1 is 1.71 bits per heavy atom. The Hall–Kier alpha value is 1.00. The van der Waals surface area contributed by atoms with E-state index in [0.29, 0.717) is 0 Å². The van der Waals surface area contributed by atoms with Gasteiger partial charge in [0.2, 0.25) is 0 Å². The minimum atomic E-state index is 0.719. The molecule has 0 aliphatic carbocycles. The summed E-state index contributed by atoms with van der Waals surface area (Å²) in [6.07, 6.45) is 0.954. The molecule has 4 heteroatoms. The van der Waals surface area contributed by atoms with Crippen molar-refractivity contribution in [1.29, 1.82) is 0 Å². The van der Waals surface area contributed by atoms with Gasteiger partial charge in [0, 0.05) is 21.2 Å². The Morgan fingerprint density at radius 2 is 2.43 bits per heavy atom. The van der Waals surface area contributed by atoms with Crippen molar-refractivity contribution >= 4 is 30.4 Å². The van der Waals surface area contributed by atoms with Crippen LogP contribution in [0, 0.1) is 0 Å². The lowest BCUT2D eigenvalue weighted by Crippen LogP contribution is -2.00. The van der Waals surface area contributed by atoms with Crippen molar-refractivity contribution in [3.8, 4) is 0 Å². The molecule has 0 bridgehead atoms. The van der Waals surface area contributed by atoms with E-state index in [0.717, 1.165) is 19.6 Å². The fraction of sp³-hybridized carbons (Fsp3) is 1.00. The molecule has 2 nitrogen and oxygen atoms in total. The second-order valence-electron chi connectivity index (χ2n) is 1.03. The highest BCUT2D eigenvalue weighted by molar-refractivity contribution is 14.2. The van der Waals surface area contributed by atoms with Crippen molar-refractivity contribution < 1.29 is 4.18 Å². The van der Waals surface area contributed by atoms with Crippen LogP contribution in [-0.2, 0) is 4.18 Å². The van der Waals surface area contributed by atoms with E-state index in [1.54, 1.807) is 0 Å². The van der Waals surface area contributed by atoms with Crippen LogP contribution in [0.1, 0.15) is 6.42 Å². The van der Waals surface area contributed by atoms with Crippen molar-refractivity contribution in [2.45, 2.75) is 6.42 Å². The summed E-state index contributed by atoms with van der Waals surface area (Å²) in [5.74, 6) is 0. The Kier molecular flexibility index (Phi) is 8.00. The molecule has 44 valence electrons. The highest BCUT2D eigenvalue weighted by Crippen LogP contribution is 2.11. The van der Waals surface area contributed by atoms with E-state index in [-0.39, 0.29) is 0 Å². The van der Waals surface area contributed by atoms with E-state index in [1.807, 2.05) is 0 Å². The Balaban J connectivity index is 2.45. The SMILES string of the molecule is NCCCOSI. The summed E-state index contributed by atoms with van der Waals surface area (Å²) in [5, 5.41) is 0. The summed E-state index contributed by atoms with van der Waals surface area (Å²) < 4.78 is 4.90. The average molecular weight is 233 g/mol. The lowest BCUT2D eigenvalue weighted by molar-refractivity contribution is 0.374. The first-order chi connectivity index (χ1) is 3.41. The van der Waals surface area contributed by atoms with Gasteiger partial charge < -0.3 is 9.92 Å². The lowest BCUT2D eigenvalue weighted by Gasteiger charge is -1.91. The van der Waals surface area contributed by atoms with Gasteiger partial charge in [-0.05, 0) is 13.0 Å². The zero-order chi connectivity index (χ0) is 5.54. The van der Waals surface area contributed by atoms with Gasteiger partial charge in [-0.3, -0.25) is 0 Å². The molecule has 0 fully saturated rings. The van der Waals surface area contributed by atoms with Gasteiger partial charge in [-0.15, -0.1) is 0 Å². The topological polar surface area (TPSA) is 35.2 Å². The van der Waals surface area contributed by atoms with Crippen molar-refractivity contribution in [3.05, 3.63) is 0 Å². The van der Waals surface area contributed by atoms with Crippen LogP contribution in [-0.4, -0.2) is 13.2 Å². The maximum absolute atomic E-state index is 5.18. The summed E-state index contributed by atoms with van der Waals surface area (Å²) in [5.41, 5.74) is 5.18. The standard InChI is InChI=1S/C3H8INOS/c4-7-6-3-1-2-5/h1-3,5H2. The zero-order valence-corrected chi connectivity index (χ0v) is 6.87. The number of hydrogen-bond acceptors (Lipinski definition) is 3. The molecule has 0 aliphatic rings. The molecule has 2 N–H and O–H groups in total.